The molecule has 0 N–H and O–H groups in total. The molecule has 0 saturated carbocycles. The first-order valence-electron chi connectivity index (χ1n) is 21.9. The number of carbonyl (C=O) groups is 2. The van der Waals surface area contributed by atoms with Crippen LogP contribution in [0.4, 0.5) is 0 Å². The Balaban J connectivity index is 1.54. The first-order chi connectivity index (χ1) is 26.4. The summed E-state index contributed by atoms with van der Waals surface area (Å²) in [6.45, 7) is 9.47. The van der Waals surface area contributed by atoms with E-state index in [1.807, 2.05) is 35.9 Å². The van der Waals surface area contributed by atoms with Gasteiger partial charge < -0.3 is 19.3 Å². The molecule has 0 atom stereocenters. The fourth-order valence-corrected chi connectivity index (χ4v) is 6.51. The molecular formula is C42H78N8O4. The molecule has 310 valence electrons. The molecule has 54 heavy (non-hydrogen) atoms. The van der Waals surface area contributed by atoms with Crippen molar-refractivity contribution in [1.82, 2.24) is 39.8 Å². The van der Waals surface area contributed by atoms with Gasteiger partial charge in [-0.2, -0.15) is 0 Å². The first kappa shape index (κ1) is 47.3. The van der Waals surface area contributed by atoms with Gasteiger partial charge in [0, 0.05) is 64.5 Å². The van der Waals surface area contributed by atoms with Crippen LogP contribution in [-0.2, 0) is 45.0 Å². The van der Waals surface area contributed by atoms with Gasteiger partial charge in [0.25, 0.3) is 0 Å². The number of aryl methyl sites for hydroxylation is 2. The molecule has 0 spiro atoms. The lowest BCUT2D eigenvalue weighted by molar-refractivity contribution is -0.144. The van der Waals surface area contributed by atoms with Gasteiger partial charge in [-0.3, -0.25) is 19.0 Å². The Kier molecular flexibility index (Phi) is 28.4. The zero-order valence-corrected chi connectivity index (χ0v) is 35.0. The summed E-state index contributed by atoms with van der Waals surface area (Å²) in [4.78, 5) is 29.3. The molecule has 0 radical (unpaired) electrons. The number of aromatic nitrogens is 6. The van der Waals surface area contributed by atoms with E-state index in [1.54, 1.807) is 0 Å². The normalized spacial score (nSPS) is 11.6. The number of ether oxygens (including phenoxy) is 2. The van der Waals surface area contributed by atoms with Gasteiger partial charge in [-0.15, -0.1) is 10.2 Å². The molecule has 0 fully saturated rings. The fraction of sp³-hybridized carbons (Fsp3) is 0.857. The number of hydrogen-bond donors (Lipinski definition) is 0. The molecule has 0 aliphatic carbocycles. The van der Waals surface area contributed by atoms with Crippen molar-refractivity contribution in [3.8, 4) is 0 Å². The Labute approximate surface area is 328 Å². The second-order valence-corrected chi connectivity index (χ2v) is 15.4. The summed E-state index contributed by atoms with van der Waals surface area (Å²) in [6.07, 6.45) is 31.8. The Morgan fingerprint density at radius 3 is 1.28 bits per heavy atom. The predicted octanol–water partition coefficient (Wildman–Crippen LogP) is 8.23. The quantitative estimate of drug-likeness (QED) is 0.0492. The van der Waals surface area contributed by atoms with Crippen molar-refractivity contribution in [2.75, 3.05) is 53.5 Å². The summed E-state index contributed by atoms with van der Waals surface area (Å²) < 4.78 is 14.8. The predicted molar refractivity (Wildman–Crippen MR) is 217 cm³/mol. The molecule has 2 heterocycles. The SMILES string of the molecule is CCCCCCCCCCCCn1cc(CCOC(=O)CCN(CCC(=O)OCCc2cn(CCCCCCCCCCCC)nn2)CCN(C)C)nn1. The van der Waals surface area contributed by atoms with Gasteiger partial charge in [-0.25, -0.2) is 0 Å². The van der Waals surface area contributed by atoms with Crippen molar-refractivity contribution in [2.45, 2.75) is 181 Å². The van der Waals surface area contributed by atoms with Gasteiger partial charge in [0.05, 0.1) is 37.4 Å². The van der Waals surface area contributed by atoms with E-state index in [1.165, 1.54) is 116 Å². The van der Waals surface area contributed by atoms with E-state index in [4.69, 9.17) is 9.47 Å². The van der Waals surface area contributed by atoms with Crippen molar-refractivity contribution >= 4 is 11.9 Å². The van der Waals surface area contributed by atoms with E-state index in [9.17, 15) is 9.59 Å². The average molecular weight is 759 g/mol. The van der Waals surface area contributed by atoms with E-state index in [-0.39, 0.29) is 38.0 Å². The first-order valence-corrected chi connectivity index (χ1v) is 21.9. The lowest BCUT2D eigenvalue weighted by Crippen LogP contribution is -2.35. The van der Waals surface area contributed by atoms with E-state index in [0.29, 0.717) is 25.9 Å². The summed E-state index contributed by atoms with van der Waals surface area (Å²) >= 11 is 0. The van der Waals surface area contributed by atoms with E-state index in [2.05, 4.69) is 44.3 Å². The highest BCUT2D eigenvalue weighted by molar-refractivity contribution is 5.70. The number of rotatable bonds is 37. The number of esters is 2. The Morgan fingerprint density at radius 1 is 0.537 bits per heavy atom. The standard InChI is InChI=1S/C42H78N8O4/c1-5-7-9-11-13-15-17-19-21-23-29-49-37-39(43-45-49)27-35-53-41(51)25-31-48(34-33-47(3)4)32-26-42(52)54-36-28-40-38-50(46-44-40)30-24-22-20-18-16-14-12-10-8-6-2/h37-38H,5-36H2,1-4H3. The minimum Gasteiger partial charge on any atom is -0.465 e. The van der Waals surface area contributed by atoms with Crippen LogP contribution in [0.5, 0.6) is 0 Å². The van der Waals surface area contributed by atoms with E-state index < -0.39 is 0 Å². The molecule has 0 unspecified atom stereocenters. The maximum absolute atomic E-state index is 12.6. The topological polar surface area (TPSA) is 120 Å². The van der Waals surface area contributed by atoms with E-state index >= 15 is 0 Å². The molecule has 0 amide bonds. The van der Waals surface area contributed by atoms with Crippen LogP contribution < -0.4 is 0 Å². The van der Waals surface area contributed by atoms with Crippen LogP contribution in [0.2, 0.25) is 0 Å². The third kappa shape index (κ3) is 26.0. The van der Waals surface area contributed by atoms with Crippen LogP contribution in [0, 0.1) is 0 Å². The van der Waals surface area contributed by atoms with Crippen LogP contribution >= 0.6 is 0 Å². The van der Waals surface area contributed by atoms with Crippen LogP contribution in [0.1, 0.15) is 166 Å². The van der Waals surface area contributed by atoms with Gasteiger partial charge in [-0.1, -0.05) is 140 Å². The monoisotopic (exact) mass is 759 g/mol. The van der Waals surface area contributed by atoms with Gasteiger partial charge in [-0.05, 0) is 26.9 Å². The molecule has 12 heteroatoms. The van der Waals surface area contributed by atoms with Gasteiger partial charge in [0.15, 0.2) is 0 Å². The summed E-state index contributed by atoms with van der Waals surface area (Å²) in [7, 11) is 4.03. The fourth-order valence-electron chi connectivity index (χ4n) is 6.51. The lowest BCUT2D eigenvalue weighted by atomic mass is 10.1. The number of nitrogens with zero attached hydrogens (tertiary/aromatic N) is 8. The van der Waals surface area contributed by atoms with Crippen LogP contribution in [-0.4, -0.2) is 105 Å². The Morgan fingerprint density at radius 2 is 0.907 bits per heavy atom. The van der Waals surface area contributed by atoms with Crippen LogP contribution in [0.25, 0.3) is 0 Å². The van der Waals surface area contributed by atoms with Gasteiger partial charge >= 0.3 is 11.9 Å². The highest BCUT2D eigenvalue weighted by Crippen LogP contribution is 2.12. The summed E-state index contributed by atoms with van der Waals surface area (Å²) in [5, 5.41) is 17.0. The number of unbranched alkanes of at least 4 members (excludes halogenated alkanes) is 18. The lowest BCUT2D eigenvalue weighted by Gasteiger charge is -2.23. The molecule has 2 aromatic rings. The molecule has 0 aliphatic rings. The van der Waals surface area contributed by atoms with Crippen molar-refractivity contribution in [3.63, 3.8) is 0 Å². The minimum absolute atomic E-state index is 0.244. The molecule has 0 aliphatic heterocycles. The van der Waals surface area contributed by atoms with Crippen molar-refractivity contribution in [3.05, 3.63) is 23.8 Å². The van der Waals surface area contributed by atoms with Crippen molar-refractivity contribution in [1.29, 1.82) is 0 Å². The van der Waals surface area contributed by atoms with E-state index in [0.717, 1.165) is 50.4 Å². The third-order valence-electron chi connectivity index (χ3n) is 10.0. The summed E-state index contributed by atoms with van der Waals surface area (Å²) in [6, 6.07) is 0. The number of likely N-dealkylation sites (N-methyl/N-ethyl adjacent to an activating group) is 1. The number of hydrogen-bond acceptors (Lipinski definition) is 10. The second kappa shape index (κ2) is 32.4. The Hall–Kier alpha value is -2.86. The Bertz CT molecular complexity index is 1100. The maximum atomic E-state index is 12.6. The molecule has 0 saturated heterocycles. The molecule has 0 aromatic carbocycles. The highest BCUT2D eigenvalue weighted by atomic mass is 16.5. The molecule has 12 nitrogen and oxygen atoms in total. The van der Waals surface area contributed by atoms with Crippen molar-refractivity contribution < 1.29 is 19.1 Å². The van der Waals surface area contributed by atoms with Gasteiger partial charge in [0.1, 0.15) is 0 Å². The second-order valence-electron chi connectivity index (χ2n) is 15.4. The summed E-state index contributed by atoms with van der Waals surface area (Å²) in [5.74, 6) is -0.488. The molecule has 2 rings (SSSR count). The van der Waals surface area contributed by atoms with Crippen LogP contribution in [0.3, 0.4) is 0 Å². The molecule has 2 aromatic heterocycles. The number of carbonyl (C=O) groups excluding carboxylic acids is 2. The zero-order valence-electron chi connectivity index (χ0n) is 35.0. The highest BCUT2D eigenvalue weighted by Gasteiger charge is 2.14. The third-order valence-corrected chi connectivity index (χ3v) is 10.0. The van der Waals surface area contributed by atoms with Crippen LogP contribution in [0.15, 0.2) is 12.4 Å². The van der Waals surface area contributed by atoms with Gasteiger partial charge in [0.2, 0.25) is 0 Å². The molecular weight excluding hydrogens is 681 g/mol. The minimum atomic E-state index is -0.244. The molecule has 0 bridgehead atoms. The largest absolute Gasteiger partial charge is 0.465 e. The summed E-state index contributed by atoms with van der Waals surface area (Å²) in [5.41, 5.74) is 1.69. The maximum Gasteiger partial charge on any atom is 0.307 e. The average Bonchev–Trinajstić information content (AvgIpc) is 3.82. The zero-order chi connectivity index (χ0) is 38.9. The van der Waals surface area contributed by atoms with Crippen molar-refractivity contribution in [2.24, 2.45) is 0 Å². The smallest absolute Gasteiger partial charge is 0.307 e.